The maximum absolute atomic E-state index is 11.6. The number of carboxylic acid groups (broad SMARTS) is 1. The molecular formula is C14H22N2O2S. The van der Waals surface area contributed by atoms with Gasteiger partial charge in [-0.2, -0.15) is 0 Å². The lowest BCUT2D eigenvalue weighted by Gasteiger charge is -2.27. The van der Waals surface area contributed by atoms with Gasteiger partial charge in [0.05, 0.1) is 22.2 Å². The number of aryl methyl sites for hydroxylation is 1. The molecule has 1 fully saturated rings. The first kappa shape index (κ1) is 14.5. The van der Waals surface area contributed by atoms with Gasteiger partial charge in [-0.05, 0) is 33.2 Å². The lowest BCUT2D eigenvalue weighted by atomic mass is 9.83. The second kappa shape index (κ2) is 5.59. The molecule has 0 aromatic carbocycles. The van der Waals surface area contributed by atoms with Gasteiger partial charge in [-0.15, -0.1) is 11.3 Å². The molecule has 106 valence electrons. The third kappa shape index (κ3) is 2.82. The van der Waals surface area contributed by atoms with Crippen molar-refractivity contribution in [3.05, 3.63) is 16.1 Å². The van der Waals surface area contributed by atoms with E-state index in [1.54, 1.807) is 11.3 Å². The summed E-state index contributed by atoms with van der Waals surface area (Å²) in [6.45, 7) is 7.68. The van der Waals surface area contributed by atoms with E-state index in [0.717, 1.165) is 36.5 Å². The van der Waals surface area contributed by atoms with Gasteiger partial charge in [0.25, 0.3) is 0 Å². The number of hydrogen-bond acceptors (Lipinski definition) is 4. The standard InChI is InChI=1S/C14H22N2O2S/c1-4-5-14(13(17)18)6-7-16(9-14)10(2)12-8-19-11(3)15-12/h8,10H,4-7,9H2,1-3H3,(H,17,18). The zero-order valence-corrected chi connectivity index (χ0v) is 12.7. The van der Waals surface area contributed by atoms with Crippen LogP contribution in [0.25, 0.3) is 0 Å². The van der Waals surface area contributed by atoms with Crippen LogP contribution in [0, 0.1) is 12.3 Å². The van der Waals surface area contributed by atoms with E-state index in [-0.39, 0.29) is 6.04 Å². The number of rotatable bonds is 5. The van der Waals surface area contributed by atoms with E-state index in [2.05, 4.69) is 29.1 Å². The minimum absolute atomic E-state index is 0.211. The van der Waals surface area contributed by atoms with Crippen molar-refractivity contribution in [2.75, 3.05) is 13.1 Å². The summed E-state index contributed by atoms with van der Waals surface area (Å²) in [7, 11) is 0. The van der Waals surface area contributed by atoms with Gasteiger partial charge >= 0.3 is 5.97 Å². The quantitative estimate of drug-likeness (QED) is 0.901. The number of nitrogens with zero attached hydrogens (tertiary/aromatic N) is 2. The molecule has 2 heterocycles. The highest BCUT2D eigenvalue weighted by Gasteiger charge is 2.45. The zero-order chi connectivity index (χ0) is 14.0. The van der Waals surface area contributed by atoms with Crippen molar-refractivity contribution < 1.29 is 9.90 Å². The molecule has 1 aliphatic heterocycles. The van der Waals surface area contributed by atoms with Crippen LogP contribution in [-0.4, -0.2) is 34.0 Å². The predicted octanol–water partition coefficient (Wildman–Crippen LogP) is 3.09. The van der Waals surface area contributed by atoms with Gasteiger partial charge < -0.3 is 5.11 Å². The number of carbonyl (C=O) groups is 1. The van der Waals surface area contributed by atoms with Crippen LogP contribution in [0.1, 0.15) is 49.9 Å². The number of likely N-dealkylation sites (tertiary alicyclic amines) is 1. The molecule has 1 N–H and O–H groups in total. The highest BCUT2D eigenvalue weighted by Crippen LogP contribution is 2.39. The predicted molar refractivity (Wildman–Crippen MR) is 76.4 cm³/mol. The van der Waals surface area contributed by atoms with Gasteiger partial charge in [-0.1, -0.05) is 13.3 Å². The Morgan fingerprint density at radius 1 is 1.68 bits per heavy atom. The fourth-order valence-corrected chi connectivity index (χ4v) is 3.66. The number of aliphatic carboxylic acids is 1. The smallest absolute Gasteiger partial charge is 0.310 e. The molecule has 0 spiro atoms. The Balaban J connectivity index is 2.10. The van der Waals surface area contributed by atoms with Crippen molar-refractivity contribution in [3.63, 3.8) is 0 Å². The third-order valence-corrected chi connectivity index (χ3v) is 4.97. The molecule has 2 unspecified atom stereocenters. The van der Waals surface area contributed by atoms with Crippen molar-refractivity contribution in [3.8, 4) is 0 Å². The van der Waals surface area contributed by atoms with Crippen LogP contribution in [0.15, 0.2) is 5.38 Å². The van der Waals surface area contributed by atoms with Crippen molar-refractivity contribution in [2.24, 2.45) is 5.41 Å². The lowest BCUT2D eigenvalue weighted by Crippen LogP contribution is -2.35. The first-order valence-electron chi connectivity index (χ1n) is 6.88. The monoisotopic (exact) mass is 282 g/mol. The van der Waals surface area contributed by atoms with Gasteiger partial charge in [0.15, 0.2) is 0 Å². The molecule has 0 aliphatic carbocycles. The topological polar surface area (TPSA) is 53.4 Å². The summed E-state index contributed by atoms with van der Waals surface area (Å²) in [5.74, 6) is -0.640. The Morgan fingerprint density at radius 2 is 2.42 bits per heavy atom. The van der Waals surface area contributed by atoms with E-state index in [0.29, 0.717) is 6.54 Å². The van der Waals surface area contributed by atoms with Crippen LogP contribution in [0.4, 0.5) is 0 Å². The van der Waals surface area contributed by atoms with Gasteiger partial charge in [0.1, 0.15) is 0 Å². The van der Waals surface area contributed by atoms with Gasteiger partial charge in [-0.3, -0.25) is 9.69 Å². The Morgan fingerprint density at radius 3 is 2.95 bits per heavy atom. The fraction of sp³-hybridized carbons (Fsp3) is 0.714. The van der Waals surface area contributed by atoms with Crippen LogP contribution in [0.3, 0.4) is 0 Å². The zero-order valence-electron chi connectivity index (χ0n) is 11.8. The SMILES string of the molecule is CCCC1(C(=O)O)CCN(C(C)c2csc(C)n2)C1. The summed E-state index contributed by atoms with van der Waals surface area (Å²) in [4.78, 5) is 18.4. The Labute approximate surface area is 118 Å². The molecule has 19 heavy (non-hydrogen) atoms. The highest BCUT2D eigenvalue weighted by molar-refractivity contribution is 7.09. The van der Waals surface area contributed by atoms with Crippen molar-refractivity contribution >= 4 is 17.3 Å². The number of thiazole rings is 1. The second-order valence-corrected chi connectivity index (χ2v) is 6.59. The maximum atomic E-state index is 11.6. The molecule has 0 amide bonds. The average molecular weight is 282 g/mol. The molecule has 5 heteroatoms. The van der Waals surface area contributed by atoms with E-state index in [1.165, 1.54) is 0 Å². The van der Waals surface area contributed by atoms with Crippen LogP contribution >= 0.6 is 11.3 Å². The summed E-state index contributed by atoms with van der Waals surface area (Å²) in [5.41, 5.74) is 0.522. The van der Waals surface area contributed by atoms with E-state index >= 15 is 0 Å². The molecule has 4 nitrogen and oxygen atoms in total. The highest BCUT2D eigenvalue weighted by atomic mass is 32.1. The van der Waals surface area contributed by atoms with Gasteiger partial charge in [-0.25, -0.2) is 4.98 Å². The Hall–Kier alpha value is -0.940. The van der Waals surface area contributed by atoms with E-state index in [4.69, 9.17) is 0 Å². The van der Waals surface area contributed by atoms with Gasteiger partial charge in [0, 0.05) is 11.9 Å². The van der Waals surface area contributed by atoms with Crippen LogP contribution in [-0.2, 0) is 4.79 Å². The van der Waals surface area contributed by atoms with E-state index in [9.17, 15) is 9.90 Å². The summed E-state index contributed by atoms with van der Waals surface area (Å²) < 4.78 is 0. The van der Waals surface area contributed by atoms with Gasteiger partial charge in [0.2, 0.25) is 0 Å². The third-order valence-electron chi connectivity index (χ3n) is 4.18. The molecule has 2 atom stereocenters. The van der Waals surface area contributed by atoms with E-state index in [1.807, 2.05) is 6.92 Å². The first-order valence-corrected chi connectivity index (χ1v) is 7.76. The van der Waals surface area contributed by atoms with E-state index < -0.39 is 11.4 Å². The normalized spacial score (nSPS) is 25.6. The van der Waals surface area contributed by atoms with Crippen LogP contribution < -0.4 is 0 Å². The minimum Gasteiger partial charge on any atom is -0.481 e. The van der Waals surface area contributed by atoms with Crippen LogP contribution in [0.2, 0.25) is 0 Å². The van der Waals surface area contributed by atoms with Crippen LogP contribution in [0.5, 0.6) is 0 Å². The molecule has 0 bridgehead atoms. The first-order chi connectivity index (χ1) is 8.98. The number of carboxylic acids is 1. The van der Waals surface area contributed by atoms with Crippen molar-refractivity contribution in [1.82, 2.24) is 9.88 Å². The summed E-state index contributed by atoms with van der Waals surface area (Å²) >= 11 is 1.65. The molecule has 1 aliphatic rings. The molecule has 1 saturated heterocycles. The number of aromatic nitrogens is 1. The summed E-state index contributed by atoms with van der Waals surface area (Å²) in [5, 5.41) is 12.7. The average Bonchev–Trinajstić information content (AvgIpc) is 2.96. The molecule has 1 aromatic heterocycles. The molecule has 2 rings (SSSR count). The van der Waals surface area contributed by atoms with Crippen molar-refractivity contribution in [2.45, 2.75) is 46.1 Å². The molecule has 1 aromatic rings. The minimum atomic E-state index is -0.640. The fourth-order valence-electron chi connectivity index (χ4n) is 2.96. The largest absolute Gasteiger partial charge is 0.481 e. The Kier molecular flexibility index (Phi) is 4.26. The summed E-state index contributed by atoms with van der Waals surface area (Å²) in [6.07, 6.45) is 2.44. The molecule has 0 radical (unpaired) electrons. The maximum Gasteiger partial charge on any atom is 0.310 e. The number of hydrogen-bond donors (Lipinski definition) is 1. The van der Waals surface area contributed by atoms with Crippen molar-refractivity contribution in [1.29, 1.82) is 0 Å². The Bertz CT molecular complexity index is 460. The molecular weight excluding hydrogens is 260 g/mol. The second-order valence-electron chi connectivity index (χ2n) is 5.52. The molecule has 0 saturated carbocycles. The lowest BCUT2D eigenvalue weighted by molar-refractivity contribution is -0.148. The summed E-state index contributed by atoms with van der Waals surface area (Å²) in [6, 6.07) is 0.211.